The van der Waals surface area contributed by atoms with Crippen molar-refractivity contribution in [2.24, 2.45) is 46.3 Å². The van der Waals surface area contributed by atoms with Crippen LogP contribution in [0.1, 0.15) is 122 Å². The van der Waals surface area contributed by atoms with Gasteiger partial charge in [0.2, 0.25) is 0 Å². The number of rotatable bonds is 13. The normalized spacial score (nSPS) is 33.5. The molecule has 4 nitrogen and oxygen atoms in total. The van der Waals surface area contributed by atoms with Gasteiger partial charge in [0.15, 0.2) is 8.32 Å². The van der Waals surface area contributed by atoms with Gasteiger partial charge in [-0.2, -0.15) is 0 Å². The third-order valence-corrected chi connectivity index (χ3v) is 16.0. The van der Waals surface area contributed by atoms with E-state index < -0.39 is 8.32 Å². The summed E-state index contributed by atoms with van der Waals surface area (Å²) >= 11 is 0. The van der Waals surface area contributed by atoms with E-state index in [0.717, 1.165) is 73.0 Å². The molecule has 0 amide bonds. The van der Waals surface area contributed by atoms with Gasteiger partial charge in [-0.25, -0.2) is 4.79 Å². The van der Waals surface area contributed by atoms with Crippen molar-refractivity contribution in [1.82, 2.24) is 0 Å². The Kier molecular flexibility index (Phi) is 11.0. The lowest BCUT2D eigenvalue weighted by atomic mass is 9.47. The van der Waals surface area contributed by atoms with E-state index in [9.17, 15) is 4.79 Å². The highest BCUT2D eigenvalue weighted by atomic mass is 28.4. The van der Waals surface area contributed by atoms with Crippen molar-refractivity contribution in [2.75, 3.05) is 13.7 Å². The molecule has 5 heteroatoms. The first kappa shape index (κ1) is 34.7. The number of allylic oxidation sites excluding steroid dienone is 1. The van der Waals surface area contributed by atoms with Gasteiger partial charge in [-0.05, 0) is 141 Å². The Bertz CT molecular complexity index is 1170. The maximum Gasteiger partial charge on any atom is 0.338 e. The molecular formula is C40H64O4Si. The van der Waals surface area contributed by atoms with Crippen LogP contribution in [0, 0.1) is 46.3 Å². The minimum absolute atomic E-state index is 0.0194. The molecule has 0 bridgehead atoms. The van der Waals surface area contributed by atoms with Crippen LogP contribution in [0.25, 0.3) is 0 Å². The molecule has 0 radical (unpaired) electrons. The lowest BCUT2D eigenvalue weighted by Crippen LogP contribution is -2.51. The predicted octanol–water partition coefficient (Wildman–Crippen LogP) is 10.9. The first-order valence-corrected chi connectivity index (χ1v) is 21.7. The lowest BCUT2D eigenvalue weighted by Gasteiger charge is -2.58. The summed E-state index contributed by atoms with van der Waals surface area (Å²) in [4.78, 5) is 13.1. The molecule has 4 aliphatic rings. The molecule has 6 unspecified atom stereocenters. The van der Waals surface area contributed by atoms with E-state index in [4.69, 9.17) is 13.9 Å². The Balaban J connectivity index is 1.14. The van der Waals surface area contributed by atoms with Crippen LogP contribution in [0.3, 0.4) is 0 Å². The van der Waals surface area contributed by atoms with Crippen LogP contribution < -0.4 is 4.74 Å². The van der Waals surface area contributed by atoms with Crippen LogP contribution in [0.5, 0.6) is 5.75 Å². The van der Waals surface area contributed by atoms with E-state index in [1.807, 2.05) is 31.4 Å². The van der Waals surface area contributed by atoms with Gasteiger partial charge in [-0.15, -0.1) is 0 Å². The topological polar surface area (TPSA) is 44.8 Å². The van der Waals surface area contributed by atoms with Crippen LogP contribution in [0.2, 0.25) is 19.1 Å². The fourth-order valence-electron chi connectivity index (χ4n) is 10.4. The minimum Gasteiger partial charge on any atom is -0.494 e. The number of carbonyl (C=O) groups is 1. The van der Waals surface area contributed by atoms with E-state index in [1.165, 1.54) is 51.4 Å². The number of benzene rings is 1. The summed E-state index contributed by atoms with van der Waals surface area (Å²) in [5.41, 5.74) is 2.99. The average molecular weight is 637 g/mol. The quantitative estimate of drug-likeness (QED) is 0.0935. The van der Waals surface area contributed by atoms with Crippen LogP contribution in [-0.2, 0) is 9.16 Å². The zero-order valence-corrected chi connectivity index (χ0v) is 31.0. The van der Waals surface area contributed by atoms with Crippen molar-refractivity contribution < 1.29 is 18.7 Å². The zero-order valence-electron chi connectivity index (χ0n) is 30.0. The molecular weight excluding hydrogens is 573 g/mol. The lowest BCUT2D eigenvalue weighted by molar-refractivity contribution is -0.0594. The highest BCUT2D eigenvalue weighted by Crippen LogP contribution is 2.67. The van der Waals surface area contributed by atoms with E-state index in [2.05, 4.69) is 53.8 Å². The number of fused-ring (bicyclic) bond motifs is 5. The summed E-state index contributed by atoms with van der Waals surface area (Å²) < 4.78 is 17.7. The Morgan fingerprint density at radius 2 is 1.71 bits per heavy atom. The first-order valence-electron chi connectivity index (χ1n) is 18.5. The van der Waals surface area contributed by atoms with Crippen LogP contribution in [0.4, 0.5) is 0 Å². The number of ether oxygens (including phenoxy) is 2. The molecule has 1 aromatic rings. The van der Waals surface area contributed by atoms with Crippen LogP contribution in [-0.4, -0.2) is 34.1 Å². The Labute approximate surface area is 276 Å². The fraction of sp³-hybridized carbons (Fsp3) is 0.775. The van der Waals surface area contributed by atoms with E-state index >= 15 is 0 Å². The number of carbonyl (C=O) groups excluding carboxylic acids is 1. The second-order valence-electron chi connectivity index (χ2n) is 17.0. The zero-order chi connectivity index (χ0) is 32.4. The van der Waals surface area contributed by atoms with Crippen molar-refractivity contribution >= 4 is 14.3 Å². The third kappa shape index (κ3) is 7.61. The molecule has 252 valence electrons. The fourth-order valence-corrected chi connectivity index (χ4v) is 11.6. The van der Waals surface area contributed by atoms with Gasteiger partial charge >= 0.3 is 5.97 Å². The summed E-state index contributed by atoms with van der Waals surface area (Å²) in [6, 6.07) is 8.57. The van der Waals surface area contributed by atoms with Gasteiger partial charge in [0.1, 0.15) is 11.9 Å². The summed E-state index contributed by atoms with van der Waals surface area (Å²) in [6.07, 6.45) is 17.7. The van der Waals surface area contributed by atoms with Gasteiger partial charge in [0.25, 0.3) is 0 Å². The number of esters is 1. The second kappa shape index (κ2) is 14.3. The summed E-state index contributed by atoms with van der Waals surface area (Å²) in [6.45, 7) is 17.7. The Hall–Kier alpha value is -1.59. The Morgan fingerprint density at radius 1 is 0.956 bits per heavy atom. The first-order chi connectivity index (χ1) is 21.4. The van der Waals surface area contributed by atoms with Crippen molar-refractivity contribution in [3.8, 4) is 5.75 Å². The third-order valence-electron chi connectivity index (χ3n) is 13.4. The van der Waals surface area contributed by atoms with Crippen molar-refractivity contribution in [2.45, 2.75) is 137 Å². The molecule has 0 saturated heterocycles. The molecule has 3 fully saturated rings. The van der Waals surface area contributed by atoms with E-state index in [0.29, 0.717) is 17.6 Å². The van der Waals surface area contributed by atoms with Crippen molar-refractivity contribution in [3.05, 3.63) is 41.5 Å². The average Bonchev–Trinajstić information content (AvgIpc) is 3.37. The van der Waals surface area contributed by atoms with E-state index in [1.54, 1.807) is 5.57 Å². The van der Waals surface area contributed by atoms with Crippen LogP contribution >= 0.6 is 0 Å². The van der Waals surface area contributed by atoms with Gasteiger partial charge < -0.3 is 13.9 Å². The molecule has 4 aliphatic carbocycles. The standard InChI is InChI=1S/C40H64O4Si/c1-28(2)11-9-12-29(3)35-19-20-36-34-18-15-31-27-33(21-23-39(31,4)37(34)22-24-40(35,36)5)44-38(41)30-13-16-32(17-14-30)43-25-10-26-45(7,8)42-6/h13-17,28-29,33-37H,9-12,18-27H2,1-8H3/t29?,33?,34?,35?,36?,37?,39-,40+/m0/s1. The predicted molar refractivity (Wildman–Crippen MR) is 188 cm³/mol. The SMILES string of the molecule is CO[Si](C)(C)CCCOc1ccc(C(=O)OC2CC[C@@]3(C)C(=CCC4C5CCC(C(C)CCCC(C)C)[C@@]5(C)CCC43)C2)cc1. The smallest absolute Gasteiger partial charge is 0.338 e. The summed E-state index contributed by atoms with van der Waals surface area (Å²) in [5, 5.41) is 0. The molecule has 8 atom stereocenters. The molecule has 0 heterocycles. The number of hydrogen-bond donors (Lipinski definition) is 0. The van der Waals surface area contributed by atoms with Crippen molar-refractivity contribution in [1.29, 1.82) is 0 Å². The van der Waals surface area contributed by atoms with Crippen molar-refractivity contribution in [3.63, 3.8) is 0 Å². The molecule has 0 aromatic heterocycles. The van der Waals surface area contributed by atoms with E-state index in [-0.39, 0.29) is 17.5 Å². The van der Waals surface area contributed by atoms with Gasteiger partial charge in [0.05, 0.1) is 12.2 Å². The molecule has 45 heavy (non-hydrogen) atoms. The minimum atomic E-state index is -1.55. The molecule has 3 saturated carbocycles. The molecule has 0 aliphatic heterocycles. The van der Waals surface area contributed by atoms with Gasteiger partial charge in [0, 0.05) is 13.5 Å². The highest BCUT2D eigenvalue weighted by Gasteiger charge is 2.59. The molecule has 0 N–H and O–H groups in total. The second-order valence-corrected chi connectivity index (χ2v) is 21.4. The monoisotopic (exact) mass is 636 g/mol. The van der Waals surface area contributed by atoms with Crippen LogP contribution in [0.15, 0.2) is 35.9 Å². The largest absolute Gasteiger partial charge is 0.494 e. The molecule has 5 rings (SSSR count). The maximum absolute atomic E-state index is 13.1. The Morgan fingerprint density at radius 3 is 2.42 bits per heavy atom. The molecule has 0 spiro atoms. The number of hydrogen-bond acceptors (Lipinski definition) is 4. The molecule has 1 aromatic carbocycles. The summed E-state index contributed by atoms with van der Waals surface area (Å²) in [7, 11) is 0.258. The summed E-state index contributed by atoms with van der Waals surface area (Å²) in [5.74, 6) is 5.68. The van der Waals surface area contributed by atoms with Gasteiger partial charge in [-0.1, -0.05) is 65.5 Å². The highest BCUT2D eigenvalue weighted by molar-refractivity contribution is 6.71. The maximum atomic E-state index is 13.1. The van der Waals surface area contributed by atoms with Gasteiger partial charge in [-0.3, -0.25) is 0 Å².